The van der Waals surface area contributed by atoms with Crippen LogP contribution in [0.2, 0.25) is 0 Å². The van der Waals surface area contributed by atoms with Crippen molar-refractivity contribution in [3.05, 3.63) is 36.5 Å². The average molecular weight is 896 g/mol. The number of likely N-dealkylation sites (N-methyl/N-ethyl adjacent to an activating group) is 1. The van der Waals surface area contributed by atoms with Gasteiger partial charge < -0.3 is 27.9 Å². The molecule has 0 rings (SSSR count). The maximum atomic E-state index is 12.7. The molecular weight excluding hydrogens is 794 g/mol. The summed E-state index contributed by atoms with van der Waals surface area (Å²) in [4.78, 5) is 25.2. The standard InChI is InChI=1S/C53H102NO7P/c1-6-8-10-12-14-16-18-20-22-24-25-26-27-28-29-31-33-35-37-39-41-43-45-48-58-50-52(51-60-62(56,57)59-49-47-54(3,4)5)61-53(55)46-44-42-40-38-36-34-32-30-23-21-19-17-15-13-11-9-7-2/h9,11,15,17,21,23,52H,6-8,10,12-14,16,18-20,22,24-51H2,1-5H3/b11-9-,17-15-,23-21-. The number of allylic oxidation sites excluding steroid dienone is 6. The van der Waals surface area contributed by atoms with Crippen LogP contribution in [0, 0.1) is 0 Å². The minimum atomic E-state index is -4.53. The summed E-state index contributed by atoms with van der Waals surface area (Å²) < 4.78 is 34.8. The highest BCUT2D eigenvalue weighted by atomic mass is 31.2. The van der Waals surface area contributed by atoms with E-state index in [2.05, 4.69) is 50.3 Å². The van der Waals surface area contributed by atoms with Gasteiger partial charge in [-0.05, 0) is 44.9 Å². The van der Waals surface area contributed by atoms with Crippen LogP contribution in [0.15, 0.2) is 36.5 Å². The maximum Gasteiger partial charge on any atom is 0.306 e. The van der Waals surface area contributed by atoms with Gasteiger partial charge in [-0.15, -0.1) is 0 Å². The summed E-state index contributed by atoms with van der Waals surface area (Å²) >= 11 is 0. The lowest BCUT2D eigenvalue weighted by Gasteiger charge is -2.28. The van der Waals surface area contributed by atoms with Crippen LogP contribution >= 0.6 is 7.82 Å². The molecule has 0 saturated heterocycles. The predicted molar refractivity (Wildman–Crippen MR) is 263 cm³/mol. The summed E-state index contributed by atoms with van der Waals surface area (Å²) in [5, 5.41) is 0. The van der Waals surface area contributed by atoms with Crippen LogP contribution in [0.4, 0.5) is 0 Å². The molecule has 0 N–H and O–H groups in total. The summed E-state index contributed by atoms with van der Waals surface area (Å²) in [6.45, 7) is 5.33. The van der Waals surface area contributed by atoms with E-state index >= 15 is 0 Å². The SMILES string of the molecule is CC/C=C\C/C=C\C/C=C\CCCCCCCCCC(=O)OC(COCCCCCCCCCCCCCCCCCCCCCCCCC)COP(=O)([O-])OCC[N+](C)(C)C. The van der Waals surface area contributed by atoms with Gasteiger partial charge in [0.15, 0.2) is 0 Å². The Labute approximate surface area is 385 Å². The number of rotatable bonds is 49. The highest BCUT2D eigenvalue weighted by Gasteiger charge is 2.20. The first-order chi connectivity index (χ1) is 30.1. The van der Waals surface area contributed by atoms with Crippen LogP contribution in [0.3, 0.4) is 0 Å². The van der Waals surface area contributed by atoms with Crippen molar-refractivity contribution in [2.24, 2.45) is 0 Å². The van der Waals surface area contributed by atoms with Crippen molar-refractivity contribution in [2.75, 3.05) is 54.1 Å². The van der Waals surface area contributed by atoms with Gasteiger partial charge in [-0.2, -0.15) is 0 Å². The molecule has 0 radical (unpaired) electrons. The Morgan fingerprint density at radius 2 is 0.935 bits per heavy atom. The van der Waals surface area contributed by atoms with E-state index < -0.39 is 13.9 Å². The Balaban J connectivity index is 4.08. The molecule has 0 aromatic rings. The van der Waals surface area contributed by atoms with E-state index in [-0.39, 0.29) is 25.8 Å². The summed E-state index contributed by atoms with van der Waals surface area (Å²) in [7, 11) is 1.36. The first-order valence-corrected chi connectivity index (χ1v) is 27.7. The second-order valence-corrected chi connectivity index (χ2v) is 20.3. The summed E-state index contributed by atoms with van der Waals surface area (Å²) in [6.07, 6.45) is 56.0. The Morgan fingerprint density at radius 1 is 0.516 bits per heavy atom. The van der Waals surface area contributed by atoms with E-state index in [0.717, 1.165) is 57.8 Å². The number of carbonyl (C=O) groups is 1. The molecule has 62 heavy (non-hydrogen) atoms. The molecule has 2 unspecified atom stereocenters. The molecule has 0 amide bonds. The largest absolute Gasteiger partial charge is 0.756 e. The number of esters is 1. The van der Waals surface area contributed by atoms with Gasteiger partial charge in [-0.3, -0.25) is 9.36 Å². The number of hydrogen-bond acceptors (Lipinski definition) is 7. The summed E-state index contributed by atoms with van der Waals surface area (Å²) in [5.41, 5.74) is 0. The van der Waals surface area contributed by atoms with E-state index in [9.17, 15) is 14.3 Å². The molecule has 0 bridgehead atoms. The normalized spacial score (nSPS) is 13.8. The quantitative estimate of drug-likeness (QED) is 0.0197. The Morgan fingerprint density at radius 3 is 1.40 bits per heavy atom. The fourth-order valence-electron chi connectivity index (χ4n) is 7.45. The second-order valence-electron chi connectivity index (χ2n) is 18.9. The predicted octanol–water partition coefficient (Wildman–Crippen LogP) is 15.5. The average Bonchev–Trinajstić information content (AvgIpc) is 3.23. The number of ether oxygens (including phenoxy) is 2. The van der Waals surface area contributed by atoms with E-state index in [4.69, 9.17) is 18.5 Å². The van der Waals surface area contributed by atoms with Crippen LogP contribution in [0.1, 0.15) is 239 Å². The molecule has 0 aromatic heterocycles. The molecule has 2 atom stereocenters. The van der Waals surface area contributed by atoms with E-state index in [1.807, 2.05) is 21.1 Å². The third kappa shape index (κ3) is 49.7. The minimum absolute atomic E-state index is 0.0251. The highest BCUT2D eigenvalue weighted by Crippen LogP contribution is 2.38. The molecule has 0 aromatic carbocycles. The van der Waals surface area contributed by atoms with Crippen molar-refractivity contribution >= 4 is 13.8 Å². The smallest absolute Gasteiger partial charge is 0.306 e. The monoisotopic (exact) mass is 896 g/mol. The number of phosphoric ester groups is 1. The molecule has 0 saturated carbocycles. The van der Waals surface area contributed by atoms with Crippen molar-refractivity contribution in [3.63, 3.8) is 0 Å². The third-order valence-electron chi connectivity index (χ3n) is 11.5. The Bertz CT molecular complexity index is 1090. The van der Waals surface area contributed by atoms with Gasteiger partial charge in [-0.25, -0.2) is 0 Å². The van der Waals surface area contributed by atoms with Crippen LogP contribution in [0.5, 0.6) is 0 Å². The van der Waals surface area contributed by atoms with Crippen molar-refractivity contribution in [1.82, 2.24) is 0 Å². The lowest BCUT2D eigenvalue weighted by Crippen LogP contribution is -2.37. The molecule has 9 heteroatoms. The van der Waals surface area contributed by atoms with Gasteiger partial charge in [0.25, 0.3) is 7.82 Å². The van der Waals surface area contributed by atoms with Gasteiger partial charge in [0.05, 0.1) is 34.4 Å². The molecule has 0 heterocycles. The maximum absolute atomic E-state index is 12.7. The molecule has 0 aliphatic carbocycles. The van der Waals surface area contributed by atoms with Gasteiger partial charge in [0, 0.05) is 13.0 Å². The first-order valence-electron chi connectivity index (χ1n) is 26.2. The zero-order valence-electron chi connectivity index (χ0n) is 41.6. The summed E-state index contributed by atoms with van der Waals surface area (Å²) in [6, 6.07) is 0. The number of phosphoric acid groups is 1. The van der Waals surface area contributed by atoms with E-state index in [1.165, 1.54) is 161 Å². The Hall–Kier alpha value is -1.28. The fourth-order valence-corrected chi connectivity index (χ4v) is 8.17. The van der Waals surface area contributed by atoms with E-state index in [0.29, 0.717) is 24.1 Å². The lowest BCUT2D eigenvalue weighted by molar-refractivity contribution is -0.870. The number of nitrogens with zero attached hydrogens (tertiary/aromatic N) is 1. The molecule has 366 valence electrons. The van der Waals surface area contributed by atoms with Crippen LogP contribution in [0.25, 0.3) is 0 Å². The summed E-state index contributed by atoms with van der Waals surface area (Å²) in [5.74, 6) is -0.340. The van der Waals surface area contributed by atoms with Crippen molar-refractivity contribution in [3.8, 4) is 0 Å². The van der Waals surface area contributed by atoms with Crippen LogP contribution in [-0.2, 0) is 27.9 Å². The molecule has 0 aliphatic heterocycles. The number of unbranched alkanes of at least 4 members (excludes halogenated alkanes) is 29. The zero-order valence-corrected chi connectivity index (χ0v) is 42.5. The van der Waals surface area contributed by atoms with Crippen molar-refractivity contribution in [2.45, 2.75) is 245 Å². The van der Waals surface area contributed by atoms with Crippen LogP contribution in [-0.4, -0.2) is 70.7 Å². The fraction of sp³-hybridized carbons (Fsp3) is 0.868. The molecule has 0 aliphatic rings. The lowest BCUT2D eigenvalue weighted by atomic mass is 10.0. The molecule has 8 nitrogen and oxygen atoms in total. The minimum Gasteiger partial charge on any atom is -0.756 e. The van der Waals surface area contributed by atoms with Gasteiger partial charge >= 0.3 is 5.97 Å². The Kier molecular flexibility index (Phi) is 45.3. The van der Waals surface area contributed by atoms with Gasteiger partial charge in [0.2, 0.25) is 0 Å². The topological polar surface area (TPSA) is 94.1 Å². The van der Waals surface area contributed by atoms with Crippen LogP contribution < -0.4 is 4.89 Å². The zero-order chi connectivity index (χ0) is 45.5. The van der Waals surface area contributed by atoms with Crippen molar-refractivity contribution in [1.29, 1.82) is 0 Å². The molecule has 0 spiro atoms. The first kappa shape index (κ1) is 60.7. The molecular formula is C53H102NO7P. The van der Waals surface area contributed by atoms with Gasteiger partial charge in [0.1, 0.15) is 19.3 Å². The van der Waals surface area contributed by atoms with Crippen molar-refractivity contribution < 1.29 is 37.3 Å². The second kappa shape index (κ2) is 46.3. The number of carbonyl (C=O) groups excluding carboxylic acids is 1. The van der Waals surface area contributed by atoms with E-state index in [1.54, 1.807) is 0 Å². The number of hydrogen-bond donors (Lipinski definition) is 0. The highest BCUT2D eigenvalue weighted by molar-refractivity contribution is 7.45. The van der Waals surface area contributed by atoms with Gasteiger partial charge in [-0.1, -0.05) is 224 Å². The number of quaternary nitrogens is 1. The molecule has 0 fully saturated rings. The third-order valence-corrected chi connectivity index (χ3v) is 12.4.